The molecule has 0 aromatic rings. The highest BCUT2D eigenvalue weighted by atomic mass is 32.2. The van der Waals surface area contributed by atoms with Gasteiger partial charge in [-0.1, -0.05) is 12.2 Å². The third kappa shape index (κ3) is 2.93. The van der Waals surface area contributed by atoms with Crippen LogP contribution in [0.15, 0.2) is 0 Å². The highest BCUT2D eigenvalue weighted by molar-refractivity contribution is 7.91. The molecule has 16 heavy (non-hydrogen) atoms. The van der Waals surface area contributed by atoms with Crippen LogP contribution in [0.4, 0.5) is 0 Å². The fourth-order valence-electron chi connectivity index (χ4n) is 2.17. The SMILES string of the molecule is CCOC[C@@]1(C(N)=S)CC[C@H](S(C)(=O)=O)C1. The van der Waals surface area contributed by atoms with Gasteiger partial charge in [-0.2, -0.15) is 0 Å². The van der Waals surface area contributed by atoms with E-state index in [0.29, 0.717) is 37.5 Å². The summed E-state index contributed by atoms with van der Waals surface area (Å²) in [7, 11) is -3.00. The third-order valence-electron chi connectivity index (χ3n) is 3.27. The Morgan fingerprint density at radius 1 is 1.62 bits per heavy atom. The maximum Gasteiger partial charge on any atom is 0.150 e. The first-order valence-electron chi connectivity index (χ1n) is 5.38. The van der Waals surface area contributed by atoms with Gasteiger partial charge in [-0.3, -0.25) is 0 Å². The van der Waals surface area contributed by atoms with Gasteiger partial charge in [0.15, 0.2) is 0 Å². The number of sulfone groups is 1. The molecule has 0 aliphatic heterocycles. The first-order chi connectivity index (χ1) is 7.32. The topological polar surface area (TPSA) is 69.4 Å². The summed E-state index contributed by atoms with van der Waals surface area (Å²) in [4.78, 5) is 0.382. The quantitative estimate of drug-likeness (QED) is 0.748. The smallest absolute Gasteiger partial charge is 0.150 e. The lowest BCUT2D eigenvalue weighted by Gasteiger charge is -2.27. The van der Waals surface area contributed by atoms with Gasteiger partial charge >= 0.3 is 0 Å². The molecule has 2 atom stereocenters. The molecule has 0 spiro atoms. The van der Waals surface area contributed by atoms with Gasteiger partial charge in [0.25, 0.3) is 0 Å². The Labute approximate surface area is 102 Å². The predicted molar refractivity (Wildman–Crippen MR) is 68.2 cm³/mol. The summed E-state index contributed by atoms with van der Waals surface area (Å²) in [6.07, 6.45) is 3.11. The number of thiocarbonyl (C=S) groups is 1. The Morgan fingerprint density at radius 2 is 2.25 bits per heavy atom. The van der Waals surface area contributed by atoms with E-state index >= 15 is 0 Å². The van der Waals surface area contributed by atoms with Crippen molar-refractivity contribution in [3.8, 4) is 0 Å². The van der Waals surface area contributed by atoms with E-state index in [1.54, 1.807) is 0 Å². The molecule has 1 rings (SSSR count). The van der Waals surface area contributed by atoms with E-state index in [2.05, 4.69) is 0 Å². The molecule has 0 amide bonds. The summed E-state index contributed by atoms with van der Waals surface area (Å²) < 4.78 is 28.4. The van der Waals surface area contributed by atoms with Gasteiger partial charge in [-0.15, -0.1) is 0 Å². The Hall–Kier alpha value is -0.200. The predicted octanol–water partition coefficient (Wildman–Crippen LogP) is 0.893. The van der Waals surface area contributed by atoms with E-state index in [4.69, 9.17) is 22.7 Å². The van der Waals surface area contributed by atoms with Gasteiger partial charge in [-0.05, 0) is 26.2 Å². The molecule has 4 nitrogen and oxygen atoms in total. The summed E-state index contributed by atoms with van der Waals surface area (Å²) in [6.45, 7) is 2.93. The van der Waals surface area contributed by atoms with Gasteiger partial charge in [0.2, 0.25) is 0 Å². The van der Waals surface area contributed by atoms with Gasteiger partial charge in [0.1, 0.15) is 9.84 Å². The van der Waals surface area contributed by atoms with E-state index < -0.39 is 15.3 Å². The van der Waals surface area contributed by atoms with Crippen LogP contribution in [0.3, 0.4) is 0 Å². The van der Waals surface area contributed by atoms with Crippen LogP contribution in [-0.2, 0) is 14.6 Å². The molecule has 2 N–H and O–H groups in total. The van der Waals surface area contributed by atoms with E-state index in [1.165, 1.54) is 6.26 Å². The fourth-order valence-corrected chi connectivity index (χ4v) is 3.58. The molecule has 0 radical (unpaired) electrons. The van der Waals surface area contributed by atoms with Crippen LogP contribution < -0.4 is 5.73 Å². The average molecular weight is 265 g/mol. The van der Waals surface area contributed by atoms with Crippen molar-refractivity contribution in [3.63, 3.8) is 0 Å². The lowest BCUT2D eigenvalue weighted by molar-refractivity contribution is 0.0896. The third-order valence-corrected chi connectivity index (χ3v) is 5.32. The molecule has 94 valence electrons. The maximum absolute atomic E-state index is 11.5. The molecule has 0 aromatic heterocycles. The highest BCUT2D eigenvalue weighted by Gasteiger charge is 2.45. The van der Waals surface area contributed by atoms with Gasteiger partial charge in [0, 0.05) is 18.3 Å². The molecule has 0 aromatic carbocycles. The largest absolute Gasteiger partial charge is 0.393 e. The van der Waals surface area contributed by atoms with Crippen LogP contribution in [0, 0.1) is 5.41 Å². The molecule has 1 saturated carbocycles. The summed E-state index contributed by atoms with van der Waals surface area (Å²) in [5.74, 6) is 0. The molecule has 0 saturated heterocycles. The average Bonchev–Trinajstić information content (AvgIpc) is 2.59. The van der Waals surface area contributed by atoms with Gasteiger partial charge in [0.05, 0.1) is 16.8 Å². The monoisotopic (exact) mass is 265 g/mol. The molecule has 0 bridgehead atoms. The van der Waals surface area contributed by atoms with Crippen LogP contribution in [0.25, 0.3) is 0 Å². The number of nitrogens with two attached hydrogens (primary N) is 1. The zero-order chi connectivity index (χ0) is 12.4. The summed E-state index contributed by atoms with van der Waals surface area (Å²) in [5, 5.41) is -0.325. The Bertz CT molecular complexity index is 366. The normalized spacial score (nSPS) is 30.5. The van der Waals surface area contributed by atoms with Crippen molar-refractivity contribution in [2.45, 2.75) is 31.4 Å². The Morgan fingerprint density at radius 3 is 2.62 bits per heavy atom. The zero-order valence-corrected chi connectivity index (χ0v) is 11.4. The molecule has 0 heterocycles. The van der Waals surface area contributed by atoms with Crippen molar-refractivity contribution in [2.75, 3.05) is 19.5 Å². The van der Waals surface area contributed by atoms with Crippen LogP contribution in [-0.4, -0.2) is 38.1 Å². The second kappa shape index (κ2) is 4.98. The highest BCUT2D eigenvalue weighted by Crippen LogP contribution is 2.41. The van der Waals surface area contributed by atoms with Crippen LogP contribution in [0.1, 0.15) is 26.2 Å². The summed E-state index contributed by atoms with van der Waals surface area (Å²) in [5.41, 5.74) is 5.32. The fraction of sp³-hybridized carbons (Fsp3) is 0.900. The number of hydrogen-bond donors (Lipinski definition) is 1. The van der Waals surface area contributed by atoms with E-state index in [0.717, 1.165) is 0 Å². The van der Waals surface area contributed by atoms with Crippen LogP contribution >= 0.6 is 12.2 Å². The van der Waals surface area contributed by atoms with Crippen molar-refractivity contribution in [1.29, 1.82) is 0 Å². The zero-order valence-electron chi connectivity index (χ0n) is 9.73. The van der Waals surface area contributed by atoms with Gasteiger partial charge < -0.3 is 10.5 Å². The van der Waals surface area contributed by atoms with Crippen molar-refractivity contribution < 1.29 is 13.2 Å². The standard InChI is InChI=1S/C10H19NO3S2/c1-3-14-7-10(9(11)15)5-4-8(6-10)16(2,12)13/h8H,3-7H2,1-2H3,(H2,11,15)/t8-,10+/m0/s1. The van der Waals surface area contributed by atoms with E-state index in [9.17, 15) is 8.42 Å². The Kier molecular flexibility index (Phi) is 4.31. The molecular formula is C10H19NO3S2. The van der Waals surface area contributed by atoms with Crippen molar-refractivity contribution in [3.05, 3.63) is 0 Å². The second-order valence-corrected chi connectivity index (χ2v) is 7.24. The van der Waals surface area contributed by atoms with Crippen molar-refractivity contribution >= 4 is 27.0 Å². The number of hydrogen-bond acceptors (Lipinski definition) is 4. The van der Waals surface area contributed by atoms with Gasteiger partial charge in [-0.25, -0.2) is 8.42 Å². The maximum atomic E-state index is 11.5. The number of rotatable bonds is 5. The van der Waals surface area contributed by atoms with Crippen LogP contribution in [0.2, 0.25) is 0 Å². The minimum absolute atomic E-state index is 0.325. The Balaban J connectivity index is 2.80. The molecule has 1 aliphatic rings. The summed E-state index contributed by atoms with van der Waals surface area (Å²) in [6, 6.07) is 0. The second-order valence-electron chi connectivity index (χ2n) is 4.48. The first-order valence-corrected chi connectivity index (χ1v) is 7.74. The van der Waals surface area contributed by atoms with Crippen molar-refractivity contribution in [1.82, 2.24) is 0 Å². The minimum atomic E-state index is -3.00. The molecule has 6 heteroatoms. The lowest BCUT2D eigenvalue weighted by atomic mass is 9.87. The summed E-state index contributed by atoms with van der Waals surface area (Å²) >= 11 is 5.06. The lowest BCUT2D eigenvalue weighted by Crippen LogP contribution is -2.38. The van der Waals surface area contributed by atoms with Crippen molar-refractivity contribution in [2.24, 2.45) is 11.1 Å². The molecular weight excluding hydrogens is 246 g/mol. The minimum Gasteiger partial charge on any atom is -0.393 e. The van der Waals surface area contributed by atoms with E-state index in [-0.39, 0.29) is 5.25 Å². The molecule has 1 fully saturated rings. The van der Waals surface area contributed by atoms with Crippen LogP contribution in [0.5, 0.6) is 0 Å². The molecule has 1 aliphatic carbocycles. The molecule has 0 unspecified atom stereocenters. The number of ether oxygens (including phenoxy) is 1. The first kappa shape index (κ1) is 13.9. The van der Waals surface area contributed by atoms with E-state index in [1.807, 2.05) is 6.92 Å².